The molecule has 2 rings (SSSR count). The predicted molar refractivity (Wildman–Crippen MR) is 59.5 cm³/mol. The van der Waals surface area contributed by atoms with Crippen molar-refractivity contribution in [3.8, 4) is 0 Å². The summed E-state index contributed by atoms with van der Waals surface area (Å²) in [5.41, 5.74) is 0.680. The molecule has 0 fully saturated rings. The van der Waals surface area contributed by atoms with E-state index in [9.17, 15) is 4.79 Å². The van der Waals surface area contributed by atoms with Gasteiger partial charge in [-0.15, -0.1) is 0 Å². The molecular weight excluding hydrogens is 206 g/mol. The Kier molecular flexibility index (Phi) is 3.62. The van der Waals surface area contributed by atoms with Crippen molar-refractivity contribution in [2.24, 2.45) is 0 Å². The molecule has 16 heavy (non-hydrogen) atoms. The highest BCUT2D eigenvalue weighted by Gasteiger charge is 2.25. The Labute approximate surface area is 95.0 Å². The van der Waals surface area contributed by atoms with Crippen molar-refractivity contribution in [1.82, 2.24) is 5.32 Å². The van der Waals surface area contributed by atoms with Crippen LogP contribution in [-0.4, -0.2) is 25.7 Å². The van der Waals surface area contributed by atoms with Crippen LogP contribution in [0.1, 0.15) is 41.8 Å². The molecule has 0 aliphatic carbocycles. The van der Waals surface area contributed by atoms with Gasteiger partial charge in [0.05, 0.1) is 11.8 Å². The van der Waals surface area contributed by atoms with Crippen molar-refractivity contribution < 1.29 is 13.9 Å². The van der Waals surface area contributed by atoms with E-state index >= 15 is 0 Å². The molecular formula is C12H17NO3. The first-order chi connectivity index (χ1) is 7.83. The molecule has 4 heteroatoms. The van der Waals surface area contributed by atoms with Crippen molar-refractivity contribution in [3.63, 3.8) is 0 Å². The van der Waals surface area contributed by atoms with Crippen molar-refractivity contribution >= 4 is 5.91 Å². The maximum absolute atomic E-state index is 11.6. The van der Waals surface area contributed by atoms with Crippen LogP contribution in [0.3, 0.4) is 0 Å². The summed E-state index contributed by atoms with van der Waals surface area (Å²) >= 11 is 0. The molecule has 0 saturated heterocycles. The minimum atomic E-state index is -0.0253. The smallest absolute Gasteiger partial charge is 0.254 e. The number of ether oxygens (including phenoxy) is 1. The van der Waals surface area contributed by atoms with Gasteiger partial charge in [0.25, 0.3) is 5.91 Å². The van der Waals surface area contributed by atoms with Gasteiger partial charge in [-0.1, -0.05) is 0 Å². The van der Waals surface area contributed by atoms with Gasteiger partial charge in [0.2, 0.25) is 0 Å². The minimum Gasteiger partial charge on any atom is -0.468 e. The number of furan rings is 1. The first-order valence-electron chi connectivity index (χ1n) is 5.76. The summed E-state index contributed by atoms with van der Waals surface area (Å²) < 4.78 is 10.8. The highest BCUT2D eigenvalue weighted by Crippen LogP contribution is 2.29. The van der Waals surface area contributed by atoms with Gasteiger partial charge in [-0.05, 0) is 25.8 Å². The second-order valence-corrected chi connectivity index (χ2v) is 3.93. The van der Waals surface area contributed by atoms with Crippen LogP contribution in [0.2, 0.25) is 0 Å². The molecule has 88 valence electrons. The van der Waals surface area contributed by atoms with E-state index < -0.39 is 0 Å². The summed E-state index contributed by atoms with van der Waals surface area (Å²) in [6.07, 6.45) is 3.41. The Morgan fingerprint density at radius 2 is 2.50 bits per heavy atom. The van der Waals surface area contributed by atoms with Gasteiger partial charge in [-0.25, -0.2) is 0 Å². The standard InChI is InChI=1S/C12H17NO3/c1-2-15-7-4-9-3-6-13-12(14)10-5-8-16-11(9)10/h5,8-9H,2-4,6-7H2,1H3,(H,13,14). The Morgan fingerprint density at radius 1 is 1.62 bits per heavy atom. The lowest BCUT2D eigenvalue weighted by molar-refractivity contribution is 0.0955. The zero-order valence-electron chi connectivity index (χ0n) is 9.49. The average Bonchev–Trinajstić information content (AvgIpc) is 2.71. The SMILES string of the molecule is CCOCCC1CCNC(=O)c2ccoc21. The molecule has 1 aliphatic rings. The van der Waals surface area contributed by atoms with Crippen molar-refractivity contribution in [3.05, 3.63) is 23.7 Å². The zero-order chi connectivity index (χ0) is 11.4. The Morgan fingerprint density at radius 3 is 3.31 bits per heavy atom. The van der Waals surface area contributed by atoms with Crippen LogP contribution in [0.15, 0.2) is 16.7 Å². The number of carbonyl (C=O) groups excluding carboxylic acids is 1. The van der Waals surface area contributed by atoms with Crippen molar-refractivity contribution in [2.45, 2.75) is 25.7 Å². The van der Waals surface area contributed by atoms with E-state index in [0.717, 1.165) is 31.8 Å². The van der Waals surface area contributed by atoms with Gasteiger partial charge >= 0.3 is 0 Å². The first kappa shape index (κ1) is 11.2. The van der Waals surface area contributed by atoms with Crippen LogP contribution >= 0.6 is 0 Å². The van der Waals surface area contributed by atoms with E-state index in [4.69, 9.17) is 9.15 Å². The molecule has 0 radical (unpaired) electrons. The van der Waals surface area contributed by atoms with E-state index in [2.05, 4.69) is 5.32 Å². The van der Waals surface area contributed by atoms with Crippen LogP contribution in [0.5, 0.6) is 0 Å². The van der Waals surface area contributed by atoms with Gasteiger partial charge in [0, 0.05) is 25.7 Å². The zero-order valence-corrected chi connectivity index (χ0v) is 9.49. The van der Waals surface area contributed by atoms with Crippen LogP contribution < -0.4 is 5.32 Å². The number of hydrogen-bond acceptors (Lipinski definition) is 3. The molecule has 2 heterocycles. The number of amides is 1. The second kappa shape index (κ2) is 5.16. The fourth-order valence-electron chi connectivity index (χ4n) is 2.06. The highest BCUT2D eigenvalue weighted by molar-refractivity contribution is 5.95. The quantitative estimate of drug-likeness (QED) is 0.793. The molecule has 4 nitrogen and oxygen atoms in total. The Balaban J connectivity index is 2.09. The molecule has 1 aromatic heterocycles. The lowest BCUT2D eigenvalue weighted by Gasteiger charge is -2.12. The summed E-state index contributed by atoms with van der Waals surface area (Å²) in [5, 5.41) is 2.87. The van der Waals surface area contributed by atoms with Gasteiger partial charge < -0.3 is 14.5 Å². The third kappa shape index (κ3) is 2.27. The topological polar surface area (TPSA) is 51.5 Å². The number of rotatable bonds is 4. The molecule has 1 amide bonds. The van der Waals surface area contributed by atoms with Crippen LogP contribution in [0, 0.1) is 0 Å². The Bertz CT molecular complexity index is 359. The fraction of sp³-hybridized carbons (Fsp3) is 0.583. The number of fused-ring (bicyclic) bond motifs is 1. The van der Waals surface area contributed by atoms with Gasteiger partial charge in [-0.3, -0.25) is 4.79 Å². The Hall–Kier alpha value is -1.29. The third-order valence-electron chi connectivity index (χ3n) is 2.90. The van der Waals surface area contributed by atoms with Crippen molar-refractivity contribution in [2.75, 3.05) is 19.8 Å². The van der Waals surface area contributed by atoms with E-state index in [0.29, 0.717) is 12.1 Å². The lowest BCUT2D eigenvalue weighted by Crippen LogP contribution is -2.22. The van der Waals surface area contributed by atoms with Crippen LogP contribution in [0.4, 0.5) is 0 Å². The summed E-state index contributed by atoms with van der Waals surface area (Å²) in [5.74, 6) is 1.08. The van der Waals surface area contributed by atoms with Crippen molar-refractivity contribution in [1.29, 1.82) is 0 Å². The summed E-state index contributed by atoms with van der Waals surface area (Å²) in [6, 6.07) is 1.74. The van der Waals surface area contributed by atoms with Crippen LogP contribution in [0.25, 0.3) is 0 Å². The number of nitrogens with one attached hydrogen (secondary N) is 1. The maximum Gasteiger partial charge on any atom is 0.254 e. The molecule has 0 bridgehead atoms. The van der Waals surface area contributed by atoms with E-state index in [1.54, 1.807) is 12.3 Å². The number of carbonyl (C=O) groups is 1. The molecule has 1 atom stereocenters. The van der Waals surface area contributed by atoms with Crippen LogP contribution in [-0.2, 0) is 4.74 Å². The van der Waals surface area contributed by atoms with E-state index in [1.807, 2.05) is 6.92 Å². The maximum atomic E-state index is 11.6. The average molecular weight is 223 g/mol. The molecule has 0 saturated carbocycles. The summed E-state index contributed by atoms with van der Waals surface area (Å²) in [6.45, 7) is 4.14. The molecule has 1 N–H and O–H groups in total. The summed E-state index contributed by atoms with van der Waals surface area (Å²) in [7, 11) is 0. The first-order valence-corrected chi connectivity index (χ1v) is 5.76. The normalized spacial score (nSPS) is 20.1. The van der Waals surface area contributed by atoms with Gasteiger partial charge in [0.1, 0.15) is 5.76 Å². The van der Waals surface area contributed by atoms with Gasteiger partial charge in [0.15, 0.2) is 0 Å². The predicted octanol–water partition coefficient (Wildman–Crippen LogP) is 1.92. The monoisotopic (exact) mass is 223 g/mol. The molecule has 1 aliphatic heterocycles. The third-order valence-corrected chi connectivity index (χ3v) is 2.90. The summed E-state index contributed by atoms with van der Waals surface area (Å²) in [4.78, 5) is 11.6. The largest absolute Gasteiger partial charge is 0.468 e. The van der Waals surface area contributed by atoms with Gasteiger partial charge in [-0.2, -0.15) is 0 Å². The van der Waals surface area contributed by atoms with E-state index in [-0.39, 0.29) is 11.8 Å². The molecule has 1 aromatic rings. The second-order valence-electron chi connectivity index (χ2n) is 3.93. The molecule has 0 spiro atoms. The van der Waals surface area contributed by atoms with E-state index in [1.165, 1.54) is 0 Å². The minimum absolute atomic E-state index is 0.0253. The lowest BCUT2D eigenvalue weighted by atomic mass is 9.97. The molecule has 1 unspecified atom stereocenters. The number of hydrogen-bond donors (Lipinski definition) is 1. The fourth-order valence-corrected chi connectivity index (χ4v) is 2.06. The molecule has 0 aromatic carbocycles. The highest BCUT2D eigenvalue weighted by atomic mass is 16.5.